The van der Waals surface area contributed by atoms with E-state index in [1.54, 1.807) is 20.0 Å². The molecule has 0 unspecified atom stereocenters. The van der Waals surface area contributed by atoms with Gasteiger partial charge in [0.05, 0.1) is 6.20 Å². The van der Waals surface area contributed by atoms with Gasteiger partial charge in [0, 0.05) is 13.2 Å². The molecule has 0 fully saturated rings. The van der Waals surface area contributed by atoms with E-state index >= 15 is 0 Å². The highest BCUT2D eigenvalue weighted by molar-refractivity contribution is 6.41. The standard InChI is InChI=1S/C8H13N5O2/c1-8(2,13-5-4-10-12-13)6(11-15)7(14)9-3/h4-5,15H,1-3H3,(H,9,14)/b11-6-. The average Bonchev–Trinajstić information content (AvgIpc) is 2.71. The Morgan fingerprint density at radius 2 is 2.27 bits per heavy atom. The third kappa shape index (κ3) is 1.95. The van der Waals surface area contributed by atoms with Gasteiger partial charge in [-0.05, 0) is 13.8 Å². The maximum atomic E-state index is 11.4. The zero-order valence-corrected chi connectivity index (χ0v) is 8.80. The maximum absolute atomic E-state index is 11.4. The minimum absolute atomic E-state index is 0.0319. The van der Waals surface area contributed by atoms with Gasteiger partial charge >= 0.3 is 0 Å². The van der Waals surface area contributed by atoms with Crippen molar-refractivity contribution >= 4 is 11.6 Å². The lowest BCUT2D eigenvalue weighted by atomic mass is 9.98. The highest BCUT2D eigenvalue weighted by Crippen LogP contribution is 2.15. The summed E-state index contributed by atoms with van der Waals surface area (Å²) in [6.07, 6.45) is 3.08. The van der Waals surface area contributed by atoms with Gasteiger partial charge in [0.25, 0.3) is 5.91 Å². The Morgan fingerprint density at radius 1 is 1.60 bits per heavy atom. The van der Waals surface area contributed by atoms with Gasteiger partial charge in [-0.25, -0.2) is 4.68 Å². The van der Waals surface area contributed by atoms with Crippen molar-refractivity contribution in [1.29, 1.82) is 0 Å². The smallest absolute Gasteiger partial charge is 0.271 e. The van der Waals surface area contributed by atoms with Crippen LogP contribution >= 0.6 is 0 Å². The second-order valence-electron chi connectivity index (χ2n) is 3.43. The highest BCUT2D eigenvalue weighted by Gasteiger charge is 2.33. The fourth-order valence-corrected chi connectivity index (χ4v) is 1.18. The van der Waals surface area contributed by atoms with E-state index in [-0.39, 0.29) is 5.71 Å². The lowest BCUT2D eigenvalue weighted by Gasteiger charge is -2.24. The molecule has 7 nitrogen and oxygen atoms in total. The summed E-state index contributed by atoms with van der Waals surface area (Å²) in [6.45, 7) is 3.40. The van der Waals surface area contributed by atoms with E-state index in [0.29, 0.717) is 0 Å². The molecule has 1 rings (SSSR count). The van der Waals surface area contributed by atoms with Crippen molar-refractivity contribution in [3.8, 4) is 0 Å². The molecule has 7 heteroatoms. The third-order valence-corrected chi connectivity index (χ3v) is 2.12. The van der Waals surface area contributed by atoms with Gasteiger partial charge in [-0.15, -0.1) is 5.10 Å². The third-order valence-electron chi connectivity index (χ3n) is 2.12. The first-order chi connectivity index (χ1) is 7.04. The molecule has 0 saturated heterocycles. The molecule has 1 heterocycles. The van der Waals surface area contributed by atoms with E-state index < -0.39 is 11.4 Å². The lowest BCUT2D eigenvalue weighted by molar-refractivity contribution is -0.114. The Balaban J connectivity index is 3.09. The molecule has 82 valence electrons. The molecule has 0 atom stereocenters. The van der Waals surface area contributed by atoms with Crippen LogP contribution in [-0.2, 0) is 10.3 Å². The molecule has 0 aliphatic rings. The van der Waals surface area contributed by atoms with Crippen molar-refractivity contribution in [2.45, 2.75) is 19.4 Å². The first-order valence-electron chi connectivity index (χ1n) is 4.35. The van der Waals surface area contributed by atoms with Crippen LogP contribution in [0.2, 0.25) is 0 Å². The van der Waals surface area contributed by atoms with Crippen molar-refractivity contribution in [1.82, 2.24) is 20.3 Å². The van der Waals surface area contributed by atoms with Crippen LogP contribution in [-0.4, -0.2) is 38.9 Å². The van der Waals surface area contributed by atoms with Crippen LogP contribution < -0.4 is 5.32 Å². The summed E-state index contributed by atoms with van der Waals surface area (Å²) in [5, 5.41) is 21.6. The summed E-state index contributed by atoms with van der Waals surface area (Å²) >= 11 is 0. The van der Waals surface area contributed by atoms with Crippen LogP contribution in [0.1, 0.15) is 13.8 Å². The number of carbonyl (C=O) groups is 1. The molecule has 0 aromatic carbocycles. The number of aromatic nitrogens is 3. The van der Waals surface area contributed by atoms with Gasteiger partial charge < -0.3 is 10.5 Å². The van der Waals surface area contributed by atoms with E-state index in [0.717, 1.165) is 0 Å². The largest absolute Gasteiger partial charge is 0.410 e. The van der Waals surface area contributed by atoms with Gasteiger partial charge in [-0.1, -0.05) is 10.4 Å². The van der Waals surface area contributed by atoms with E-state index in [2.05, 4.69) is 20.8 Å². The highest BCUT2D eigenvalue weighted by atomic mass is 16.4. The topological polar surface area (TPSA) is 92.4 Å². The first-order valence-corrected chi connectivity index (χ1v) is 4.35. The van der Waals surface area contributed by atoms with Gasteiger partial charge in [-0.2, -0.15) is 0 Å². The van der Waals surface area contributed by atoms with E-state index in [9.17, 15) is 4.79 Å². The van der Waals surface area contributed by atoms with E-state index in [4.69, 9.17) is 5.21 Å². The van der Waals surface area contributed by atoms with Gasteiger partial charge in [0.2, 0.25) is 0 Å². The Hall–Kier alpha value is -1.92. The summed E-state index contributed by atoms with van der Waals surface area (Å²) in [5.74, 6) is -0.460. The molecule has 0 bridgehead atoms. The van der Waals surface area contributed by atoms with Crippen molar-refractivity contribution in [3.63, 3.8) is 0 Å². The van der Waals surface area contributed by atoms with Crippen molar-refractivity contribution in [2.24, 2.45) is 5.16 Å². The van der Waals surface area contributed by atoms with Crippen LogP contribution in [0.15, 0.2) is 17.5 Å². The fourth-order valence-electron chi connectivity index (χ4n) is 1.18. The number of oxime groups is 1. The number of amides is 1. The monoisotopic (exact) mass is 211 g/mol. The molecule has 0 aliphatic carbocycles. The second-order valence-corrected chi connectivity index (χ2v) is 3.43. The number of nitrogens with zero attached hydrogens (tertiary/aromatic N) is 4. The minimum atomic E-state index is -0.856. The Morgan fingerprint density at radius 3 is 2.67 bits per heavy atom. The molecular weight excluding hydrogens is 198 g/mol. The van der Waals surface area contributed by atoms with E-state index in [1.807, 2.05) is 0 Å². The SMILES string of the molecule is CNC(=O)/C(=N/O)C(C)(C)n1ccnn1. The summed E-state index contributed by atoms with van der Waals surface area (Å²) < 4.78 is 1.44. The lowest BCUT2D eigenvalue weighted by Crippen LogP contribution is -2.45. The summed E-state index contributed by atoms with van der Waals surface area (Å²) in [7, 11) is 1.46. The molecule has 0 spiro atoms. The Labute approximate surface area is 86.8 Å². The van der Waals surface area contributed by atoms with Gasteiger partial charge in [0.1, 0.15) is 5.54 Å². The van der Waals surface area contributed by atoms with Crippen molar-refractivity contribution < 1.29 is 10.0 Å². The van der Waals surface area contributed by atoms with Gasteiger partial charge in [-0.3, -0.25) is 4.79 Å². The van der Waals surface area contributed by atoms with Crippen LogP contribution in [0.5, 0.6) is 0 Å². The predicted molar refractivity (Wildman–Crippen MR) is 52.6 cm³/mol. The van der Waals surface area contributed by atoms with Crippen LogP contribution in [0, 0.1) is 0 Å². The zero-order valence-electron chi connectivity index (χ0n) is 8.80. The fraction of sp³-hybridized carbons (Fsp3) is 0.500. The zero-order chi connectivity index (χ0) is 11.5. The summed E-state index contributed by atoms with van der Waals surface area (Å²) in [6, 6.07) is 0. The molecule has 1 aromatic rings. The molecule has 15 heavy (non-hydrogen) atoms. The van der Waals surface area contributed by atoms with Crippen molar-refractivity contribution in [3.05, 3.63) is 12.4 Å². The molecule has 1 aromatic heterocycles. The number of nitrogens with one attached hydrogen (secondary N) is 1. The van der Waals surface area contributed by atoms with Crippen LogP contribution in [0.3, 0.4) is 0 Å². The number of carbonyl (C=O) groups excluding carboxylic acids is 1. The number of rotatable bonds is 3. The summed E-state index contributed by atoms with van der Waals surface area (Å²) in [4.78, 5) is 11.4. The van der Waals surface area contributed by atoms with E-state index in [1.165, 1.54) is 17.9 Å². The van der Waals surface area contributed by atoms with Crippen LogP contribution in [0.25, 0.3) is 0 Å². The predicted octanol–water partition coefficient (Wildman–Crippen LogP) is -0.411. The van der Waals surface area contributed by atoms with Gasteiger partial charge in [0.15, 0.2) is 5.71 Å². The Bertz CT molecular complexity index is 368. The Kier molecular flexibility index (Phi) is 3.03. The first kappa shape index (κ1) is 11.2. The summed E-state index contributed by atoms with van der Waals surface area (Å²) in [5.41, 5.74) is -0.888. The maximum Gasteiger partial charge on any atom is 0.271 e. The molecule has 1 amide bonds. The molecule has 0 radical (unpaired) electrons. The molecule has 0 aliphatic heterocycles. The molecule has 0 saturated carbocycles. The average molecular weight is 211 g/mol. The van der Waals surface area contributed by atoms with Crippen molar-refractivity contribution in [2.75, 3.05) is 7.05 Å². The minimum Gasteiger partial charge on any atom is -0.410 e. The quantitative estimate of drug-likeness (QED) is 0.404. The number of hydrogen-bond acceptors (Lipinski definition) is 5. The number of hydrogen-bond donors (Lipinski definition) is 2. The normalized spacial score (nSPS) is 12.6. The van der Waals surface area contributed by atoms with Crippen LogP contribution in [0.4, 0.5) is 0 Å². The second kappa shape index (κ2) is 4.07. The molecule has 2 N–H and O–H groups in total. The molecular formula is C8H13N5O2.